The Morgan fingerprint density at radius 3 is 2.07 bits per heavy atom. The summed E-state index contributed by atoms with van der Waals surface area (Å²) in [5.41, 5.74) is 11.9. The van der Waals surface area contributed by atoms with Crippen LogP contribution < -0.4 is 0 Å². The standard InChI is InChI=1S/C38H29N3/c1-3-26-14-16-27(17-15-26)28-18-20-37-34(23-28)32-11-7-21-39-38(32)41(37)30-9-6-8-29(24-30)40-35-12-5-4-10-31(35)33-22-25(2)13-19-36(33)40/h4-24H,3H2,1-2H3. The van der Waals surface area contributed by atoms with Crippen molar-refractivity contribution in [3.63, 3.8) is 0 Å². The van der Waals surface area contributed by atoms with E-state index < -0.39 is 0 Å². The monoisotopic (exact) mass is 527 g/mol. The van der Waals surface area contributed by atoms with Crippen LogP contribution in [0.2, 0.25) is 0 Å². The van der Waals surface area contributed by atoms with Crippen LogP contribution in [0.3, 0.4) is 0 Å². The SMILES string of the molecule is CCc1ccc(-c2ccc3c(c2)c2cccnc2n3-c2cccc(-n3c4ccccc4c4cc(C)ccc43)c2)cc1. The molecule has 3 nitrogen and oxygen atoms in total. The highest BCUT2D eigenvalue weighted by molar-refractivity contribution is 6.10. The second-order valence-corrected chi connectivity index (χ2v) is 10.9. The van der Waals surface area contributed by atoms with E-state index in [0.29, 0.717) is 0 Å². The Morgan fingerprint density at radius 2 is 1.22 bits per heavy atom. The molecule has 0 saturated carbocycles. The first-order chi connectivity index (χ1) is 20.2. The Labute approximate surface area is 238 Å². The second-order valence-electron chi connectivity index (χ2n) is 10.9. The maximum atomic E-state index is 4.88. The van der Waals surface area contributed by atoms with Crippen LogP contribution in [-0.4, -0.2) is 14.1 Å². The topological polar surface area (TPSA) is 22.8 Å². The summed E-state index contributed by atoms with van der Waals surface area (Å²) in [5.74, 6) is 0. The molecule has 41 heavy (non-hydrogen) atoms. The molecule has 196 valence electrons. The van der Waals surface area contributed by atoms with Crippen LogP contribution in [0.15, 0.2) is 128 Å². The first-order valence-corrected chi connectivity index (χ1v) is 14.3. The smallest absolute Gasteiger partial charge is 0.145 e. The second kappa shape index (κ2) is 9.21. The van der Waals surface area contributed by atoms with Gasteiger partial charge in [0.25, 0.3) is 0 Å². The highest BCUT2D eigenvalue weighted by atomic mass is 15.1. The summed E-state index contributed by atoms with van der Waals surface area (Å²) in [7, 11) is 0. The van der Waals surface area contributed by atoms with Gasteiger partial charge in [0, 0.05) is 39.1 Å². The number of aryl methyl sites for hydroxylation is 2. The predicted molar refractivity (Wildman–Crippen MR) is 172 cm³/mol. The Kier molecular flexibility index (Phi) is 5.33. The van der Waals surface area contributed by atoms with E-state index in [-0.39, 0.29) is 0 Å². The van der Waals surface area contributed by atoms with Crippen molar-refractivity contribution in [2.24, 2.45) is 0 Å². The summed E-state index contributed by atoms with van der Waals surface area (Å²) in [6.07, 6.45) is 2.94. The molecule has 3 aromatic heterocycles. The molecule has 5 aromatic carbocycles. The van der Waals surface area contributed by atoms with Crippen molar-refractivity contribution in [3.8, 4) is 22.5 Å². The fraction of sp³-hybridized carbons (Fsp3) is 0.0789. The van der Waals surface area contributed by atoms with E-state index in [1.807, 2.05) is 12.3 Å². The Morgan fingerprint density at radius 1 is 0.537 bits per heavy atom. The van der Waals surface area contributed by atoms with Gasteiger partial charge in [-0.1, -0.05) is 73.2 Å². The molecular weight excluding hydrogens is 498 g/mol. The molecule has 0 N–H and O–H groups in total. The minimum atomic E-state index is 0.968. The van der Waals surface area contributed by atoms with E-state index in [1.54, 1.807) is 0 Å². The van der Waals surface area contributed by atoms with E-state index in [2.05, 4.69) is 138 Å². The molecule has 0 aliphatic rings. The van der Waals surface area contributed by atoms with Crippen molar-refractivity contribution in [1.82, 2.24) is 14.1 Å². The van der Waals surface area contributed by atoms with Crippen molar-refractivity contribution in [3.05, 3.63) is 139 Å². The first kappa shape index (κ1) is 23.7. The van der Waals surface area contributed by atoms with Crippen molar-refractivity contribution in [2.75, 3.05) is 0 Å². The van der Waals surface area contributed by atoms with Gasteiger partial charge in [-0.25, -0.2) is 4.98 Å². The first-order valence-electron chi connectivity index (χ1n) is 14.3. The minimum Gasteiger partial charge on any atom is -0.309 e. The van der Waals surface area contributed by atoms with Crippen molar-refractivity contribution in [2.45, 2.75) is 20.3 Å². The molecule has 8 aromatic rings. The van der Waals surface area contributed by atoms with E-state index in [4.69, 9.17) is 4.98 Å². The Bertz CT molecular complexity index is 2250. The van der Waals surface area contributed by atoms with Crippen molar-refractivity contribution < 1.29 is 0 Å². The average molecular weight is 528 g/mol. The molecule has 0 fully saturated rings. The number of para-hydroxylation sites is 1. The maximum absolute atomic E-state index is 4.88. The molecule has 0 aliphatic heterocycles. The lowest BCUT2D eigenvalue weighted by Gasteiger charge is -2.12. The normalized spacial score (nSPS) is 11.8. The third kappa shape index (κ3) is 3.70. The fourth-order valence-corrected chi connectivity index (χ4v) is 6.36. The van der Waals surface area contributed by atoms with Crippen LogP contribution in [0, 0.1) is 6.92 Å². The zero-order valence-electron chi connectivity index (χ0n) is 23.2. The molecule has 0 aliphatic carbocycles. The summed E-state index contributed by atoms with van der Waals surface area (Å²) in [5, 5.41) is 4.92. The van der Waals surface area contributed by atoms with Crippen molar-refractivity contribution >= 4 is 43.7 Å². The number of pyridine rings is 1. The number of fused-ring (bicyclic) bond motifs is 6. The number of benzene rings is 5. The lowest BCUT2D eigenvalue weighted by Crippen LogP contribution is -1.99. The summed E-state index contributed by atoms with van der Waals surface area (Å²) >= 11 is 0. The van der Waals surface area contributed by atoms with Gasteiger partial charge in [0.05, 0.1) is 16.6 Å². The van der Waals surface area contributed by atoms with Gasteiger partial charge in [0.1, 0.15) is 5.65 Å². The van der Waals surface area contributed by atoms with Gasteiger partial charge in [-0.05, 0) is 90.7 Å². The minimum absolute atomic E-state index is 0.968. The van der Waals surface area contributed by atoms with Crippen LogP contribution in [-0.2, 0) is 6.42 Å². The molecule has 0 unspecified atom stereocenters. The number of hydrogen-bond acceptors (Lipinski definition) is 1. The highest BCUT2D eigenvalue weighted by Gasteiger charge is 2.16. The fourth-order valence-electron chi connectivity index (χ4n) is 6.36. The van der Waals surface area contributed by atoms with Crippen LogP contribution >= 0.6 is 0 Å². The lowest BCUT2D eigenvalue weighted by atomic mass is 10.0. The molecule has 3 heteroatoms. The van der Waals surface area contributed by atoms with Gasteiger partial charge in [0.15, 0.2) is 0 Å². The molecular formula is C38H29N3. The van der Waals surface area contributed by atoms with Crippen LogP contribution in [0.4, 0.5) is 0 Å². The van der Waals surface area contributed by atoms with Crippen molar-refractivity contribution in [1.29, 1.82) is 0 Å². The lowest BCUT2D eigenvalue weighted by molar-refractivity contribution is 1.11. The number of nitrogens with zero attached hydrogens (tertiary/aromatic N) is 3. The van der Waals surface area contributed by atoms with E-state index in [0.717, 1.165) is 34.3 Å². The van der Waals surface area contributed by atoms with Gasteiger partial charge in [-0.3, -0.25) is 4.57 Å². The van der Waals surface area contributed by atoms with E-state index in [9.17, 15) is 0 Å². The zero-order chi connectivity index (χ0) is 27.5. The molecule has 0 spiro atoms. The third-order valence-electron chi connectivity index (χ3n) is 8.40. The van der Waals surface area contributed by atoms with Gasteiger partial charge >= 0.3 is 0 Å². The highest BCUT2D eigenvalue weighted by Crippen LogP contribution is 2.36. The van der Waals surface area contributed by atoms with Gasteiger partial charge in [-0.15, -0.1) is 0 Å². The molecule has 0 bridgehead atoms. The molecule has 0 radical (unpaired) electrons. The van der Waals surface area contributed by atoms with E-state index in [1.165, 1.54) is 49.4 Å². The Balaban J connectivity index is 1.35. The Hall–Kier alpha value is -5.15. The maximum Gasteiger partial charge on any atom is 0.145 e. The molecule has 3 heterocycles. The summed E-state index contributed by atoms with van der Waals surface area (Å²) in [6.45, 7) is 4.35. The van der Waals surface area contributed by atoms with Gasteiger partial charge in [-0.2, -0.15) is 0 Å². The van der Waals surface area contributed by atoms with Gasteiger partial charge < -0.3 is 4.57 Å². The number of hydrogen-bond donors (Lipinski definition) is 0. The van der Waals surface area contributed by atoms with Crippen LogP contribution in [0.25, 0.3) is 66.2 Å². The van der Waals surface area contributed by atoms with Crippen LogP contribution in [0.1, 0.15) is 18.1 Å². The predicted octanol–water partition coefficient (Wildman–Crippen LogP) is 9.81. The number of rotatable bonds is 4. The number of aromatic nitrogens is 3. The van der Waals surface area contributed by atoms with Crippen LogP contribution in [0.5, 0.6) is 0 Å². The molecule has 8 rings (SSSR count). The quantitative estimate of drug-likeness (QED) is 0.223. The average Bonchev–Trinajstić information content (AvgIpc) is 3.53. The van der Waals surface area contributed by atoms with Gasteiger partial charge in [0.2, 0.25) is 0 Å². The molecule has 0 atom stereocenters. The largest absolute Gasteiger partial charge is 0.309 e. The molecule has 0 saturated heterocycles. The summed E-state index contributed by atoms with van der Waals surface area (Å²) in [6, 6.07) is 44.2. The third-order valence-corrected chi connectivity index (χ3v) is 8.40. The molecule has 0 amide bonds. The zero-order valence-corrected chi connectivity index (χ0v) is 23.2. The van der Waals surface area contributed by atoms with E-state index >= 15 is 0 Å². The summed E-state index contributed by atoms with van der Waals surface area (Å²) < 4.78 is 4.68. The summed E-state index contributed by atoms with van der Waals surface area (Å²) in [4.78, 5) is 4.88.